The monoisotopic (exact) mass is 263 g/mol. The van der Waals surface area contributed by atoms with Gasteiger partial charge in [0.1, 0.15) is 18.0 Å². The highest BCUT2D eigenvalue weighted by Crippen LogP contribution is 2.30. The van der Waals surface area contributed by atoms with E-state index < -0.39 is 0 Å². The lowest BCUT2D eigenvalue weighted by Crippen LogP contribution is -2.39. The third-order valence-corrected chi connectivity index (χ3v) is 4.19. The Labute approximate surface area is 115 Å². The van der Waals surface area contributed by atoms with Gasteiger partial charge in [-0.1, -0.05) is 27.2 Å². The van der Waals surface area contributed by atoms with E-state index >= 15 is 0 Å². The van der Waals surface area contributed by atoms with E-state index in [-0.39, 0.29) is 0 Å². The minimum Gasteiger partial charge on any atom is -0.356 e. The number of aromatic nitrogens is 2. The van der Waals surface area contributed by atoms with Crippen LogP contribution in [0, 0.1) is 11.8 Å². The zero-order chi connectivity index (χ0) is 13.8. The number of piperidine rings is 1. The molecule has 3 N–H and O–H groups in total. The van der Waals surface area contributed by atoms with Gasteiger partial charge in [-0.25, -0.2) is 15.8 Å². The van der Waals surface area contributed by atoms with E-state index in [4.69, 9.17) is 5.84 Å². The summed E-state index contributed by atoms with van der Waals surface area (Å²) in [5.74, 6) is 8.88. The quantitative estimate of drug-likeness (QED) is 0.644. The van der Waals surface area contributed by atoms with Crippen LogP contribution in [0.5, 0.6) is 0 Å². The Bertz CT molecular complexity index is 420. The summed E-state index contributed by atoms with van der Waals surface area (Å²) >= 11 is 0. The predicted octanol–water partition coefficient (Wildman–Crippen LogP) is 2.20. The van der Waals surface area contributed by atoms with Crippen LogP contribution < -0.4 is 16.2 Å². The van der Waals surface area contributed by atoms with E-state index in [0.29, 0.717) is 5.92 Å². The van der Waals surface area contributed by atoms with Gasteiger partial charge in [0.2, 0.25) is 0 Å². The van der Waals surface area contributed by atoms with Gasteiger partial charge < -0.3 is 10.3 Å². The van der Waals surface area contributed by atoms with Crippen molar-refractivity contribution in [2.24, 2.45) is 17.7 Å². The number of nitrogens with one attached hydrogen (secondary N) is 1. The Morgan fingerprint density at radius 3 is 2.79 bits per heavy atom. The van der Waals surface area contributed by atoms with Crippen molar-refractivity contribution in [2.75, 3.05) is 23.4 Å². The maximum atomic E-state index is 5.57. The Balaban J connectivity index is 2.28. The van der Waals surface area contributed by atoms with Crippen LogP contribution in [0.1, 0.15) is 39.2 Å². The van der Waals surface area contributed by atoms with E-state index in [9.17, 15) is 0 Å². The van der Waals surface area contributed by atoms with Crippen LogP contribution in [0.15, 0.2) is 6.33 Å². The molecule has 5 heteroatoms. The summed E-state index contributed by atoms with van der Waals surface area (Å²) in [6.07, 6.45) is 4.85. The Hall–Kier alpha value is -1.36. The van der Waals surface area contributed by atoms with Gasteiger partial charge in [0.25, 0.3) is 0 Å². The highest BCUT2D eigenvalue weighted by Gasteiger charge is 2.25. The number of nitrogen functional groups attached to an aromatic ring is 1. The van der Waals surface area contributed by atoms with Crippen LogP contribution in [0.25, 0.3) is 0 Å². The molecule has 1 aromatic heterocycles. The molecular weight excluding hydrogens is 238 g/mol. The Morgan fingerprint density at radius 1 is 1.37 bits per heavy atom. The summed E-state index contributed by atoms with van der Waals surface area (Å²) in [4.78, 5) is 11.1. The summed E-state index contributed by atoms with van der Waals surface area (Å²) < 4.78 is 0. The van der Waals surface area contributed by atoms with Gasteiger partial charge in [0.05, 0.1) is 0 Å². The van der Waals surface area contributed by atoms with E-state index in [1.807, 2.05) is 0 Å². The molecule has 1 fully saturated rings. The van der Waals surface area contributed by atoms with Gasteiger partial charge in [-0.15, -0.1) is 0 Å². The first-order chi connectivity index (χ1) is 9.17. The van der Waals surface area contributed by atoms with Crippen LogP contribution in [0.3, 0.4) is 0 Å². The maximum absolute atomic E-state index is 5.57. The van der Waals surface area contributed by atoms with Crippen molar-refractivity contribution >= 4 is 11.6 Å². The average molecular weight is 263 g/mol. The molecule has 2 atom stereocenters. The topological polar surface area (TPSA) is 67.1 Å². The van der Waals surface area contributed by atoms with Crippen LogP contribution >= 0.6 is 0 Å². The third kappa shape index (κ3) is 2.97. The lowest BCUT2D eigenvalue weighted by atomic mass is 9.88. The van der Waals surface area contributed by atoms with Crippen LogP contribution in [0.2, 0.25) is 0 Å². The number of nitrogens with two attached hydrogens (primary N) is 1. The lowest BCUT2D eigenvalue weighted by Gasteiger charge is -2.37. The summed E-state index contributed by atoms with van der Waals surface area (Å²) in [6.45, 7) is 8.96. The second-order valence-corrected chi connectivity index (χ2v) is 5.61. The number of hydrogen-bond donors (Lipinski definition) is 2. The fraction of sp³-hybridized carbons (Fsp3) is 0.714. The molecule has 19 heavy (non-hydrogen) atoms. The van der Waals surface area contributed by atoms with E-state index in [1.165, 1.54) is 6.42 Å². The molecule has 0 bridgehead atoms. The van der Waals surface area contributed by atoms with Gasteiger partial charge in [-0.3, -0.25) is 0 Å². The minimum absolute atomic E-state index is 0.701. The second kappa shape index (κ2) is 6.19. The molecule has 1 aliphatic heterocycles. The lowest BCUT2D eigenvalue weighted by molar-refractivity contribution is 0.322. The van der Waals surface area contributed by atoms with Gasteiger partial charge in [-0.2, -0.15) is 0 Å². The molecule has 106 valence electrons. The van der Waals surface area contributed by atoms with E-state index in [0.717, 1.165) is 49.0 Å². The number of hydrazine groups is 1. The van der Waals surface area contributed by atoms with Crippen molar-refractivity contribution < 1.29 is 0 Å². The third-order valence-electron chi connectivity index (χ3n) is 4.19. The average Bonchev–Trinajstić information content (AvgIpc) is 2.42. The summed E-state index contributed by atoms with van der Waals surface area (Å²) in [5.41, 5.74) is 3.85. The van der Waals surface area contributed by atoms with Crippen molar-refractivity contribution in [1.29, 1.82) is 0 Å². The van der Waals surface area contributed by atoms with Crippen molar-refractivity contribution in [2.45, 2.75) is 40.0 Å². The number of anilines is 2. The molecule has 0 spiro atoms. The van der Waals surface area contributed by atoms with Crippen LogP contribution in [-0.4, -0.2) is 23.1 Å². The molecule has 1 aliphatic rings. The first-order valence-electron chi connectivity index (χ1n) is 7.22. The SMILES string of the molecule is CCCc1c(NN)ncnc1N1CCC(C)C(C)C1. The van der Waals surface area contributed by atoms with E-state index in [1.54, 1.807) is 6.33 Å². The van der Waals surface area contributed by atoms with Gasteiger partial charge in [-0.05, 0) is 24.7 Å². The van der Waals surface area contributed by atoms with Crippen molar-refractivity contribution in [3.8, 4) is 0 Å². The maximum Gasteiger partial charge on any atom is 0.148 e. The van der Waals surface area contributed by atoms with Crippen LogP contribution in [0.4, 0.5) is 11.6 Å². The molecule has 0 aromatic carbocycles. The molecule has 1 aromatic rings. The first kappa shape index (κ1) is 14.1. The molecule has 0 radical (unpaired) electrons. The van der Waals surface area contributed by atoms with Gasteiger partial charge in [0, 0.05) is 18.7 Å². The molecule has 1 saturated heterocycles. The Morgan fingerprint density at radius 2 is 2.16 bits per heavy atom. The van der Waals surface area contributed by atoms with Crippen molar-refractivity contribution in [1.82, 2.24) is 9.97 Å². The predicted molar refractivity (Wildman–Crippen MR) is 79.0 cm³/mol. The molecule has 5 nitrogen and oxygen atoms in total. The van der Waals surface area contributed by atoms with Crippen molar-refractivity contribution in [3.05, 3.63) is 11.9 Å². The molecule has 0 saturated carbocycles. The number of nitrogens with zero attached hydrogens (tertiary/aromatic N) is 3. The number of rotatable bonds is 4. The molecule has 2 heterocycles. The molecular formula is C14H25N5. The molecule has 0 aliphatic carbocycles. The summed E-state index contributed by atoms with van der Waals surface area (Å²) in [5, 5.41) is 0. The fourth-order valence-corrected chi connectivity index (χ4v) is 2.74. The van der Waals surface area contributed by atoms with Crippen LogP contribution in [-0.2, 0) is 6.42 Å². The van der Waals surface area contributed by atoms with Gasteiger partial charge in [0.15, 0.2) is 0 Å². The second-order valence-electron chi connectivity index (χ2n) is 5.61. The van der Waals surface area contributed by atoms with E-state index in [2.05, 4.69) is 41.1 Å². The first-order valence-corrected chi connectivity index (χ1v) is 7.22. The highest BCUT2D eigenvalue weighted by atomic mass is 15.3. The summed E-state index contributed by atoms with van der Waals surface area (Å²) in [7, 11) is 0. The minimum atomic E-state index is 0.701. The number of hydrogen-bond acceptors (Lipinski definition) is 5. The molecule has 2 rings (SSSR count). The molecule has 0 amide bonds. The Kier molecular flexibility index (Phi) is 4.58. The largest absolute Gasteiger partial charge is 0.356 e. The fourth-order valence-electron chi connectivity index (χ4n) is 2.74. The smallest absolute Gasteiger partial charge is 0.148 e. The summed E-state index contributed by atoms with van der Waals surface area (Å²) in [6, 6.07) is 0. The normalized spacial score (nSPS) is 23.5. The van der Waals surface area contributed by atoms with Crippen molar-refractivity contribution in [3.63, 3.8) is 0 Å². The highest BCUT2D eigenvalue weighted by molar-refractivity contribution is 5.58. The standard InChI is InChI=1S/C14H25N5/c1-4-5-12-13(18-15)16-9-17-14(12)19-7-6-10(2)11(3)8-19/h9-11H,4-8,15H2,1-3H3,(H,16,17,18). The van der Waals surface area contributed by atoms with Gasteiger partial charge >= 0.3 is 0 Å². The zero-order valence-corrected chi connectivity index (χ0v) is 12.2. The molecule has 2 unspecified atom stereocenters. The zero-order valence-electron chi connectivity index (χ0n) is 12.2.